The van der Waals surface area contributed by atoms with Crippen molar-refractivity contribution >= 4 is 35.1 Å². The SMILES string of the molecule is O=C(COC(=O)c1ccc(N2C(=O)[C@@H]3CC[C@H](c4ccccc4)C[C@H]3C2=O)cc1)Nc1ccccc1. The summed E-state index contributed by atoms with van der Waals surface area (Å²) in [6.07, 6.45) is 2.21. The van der Waals surface area contributed by atoms with E-state index >= 15 is 0 Å². The van der Waals surface area contributed by atoms with Crippen LogP contribution in [0, 0.1) is 11.8 Å². The van der Waals surface area contributed by atoms with E-state index in [0.29, 0.717) is 24.2 Å². The summed E-state index contributed by atoms with van der Waals surface area (Å²) < 4.78 is 5.10. The predicted octanol–water partition coefficient (Wildman–Crippen LogP) is 4.56. The first-order chi connectivity index (χ1) is 17.5. The minimum atomic E-state index is -0.664. The molecule has 0 radical (unpaired) electrons. The fourth-order valence-electron chi connectivity index (χ4n) is 5.14. The van der Waals surface area contributed by atoms with E-state index in [1.165, 1.54) is 22.6 Å². The molecule has 5 rings (SSSR count). The smallest absolute Gasteiger partial charge is 0.338 e. The summed E-state index contributed by atoms with van der Waals surface area (Å²) in [5.41, 5.74) is 2.48. The number of anilines is 2. The maximum atomic E-state index is 13.2. The van der Waals surface area contributed by atoms with Crippen LogP contribution in [0.2, 0.25) is 0 Å². The fourth-order valence-corrected chi connectivity index (χ4v) is 5.14. The molecule has 1 saturated heterocycles. The molecule has 7 nitrogen and oxygen atoms in total. The molecule has 7 heteroatoms. The first-order valence-electron chi connectivity index (χ1n) is 12.1. The van der Waals surface area contributed by atoms with Crippen LogP contribution < -0.4 is 10.2 Å². The maximum Gasteiger partial charge on any atom is 0.338 e. The number of nitrogens with zero attached hydrogens (tertiary/aromatic N) is 1. The number of ether oxygens (including phenoxy) is 1. The Morgan fingerprint density at radius 3 is 2.14 bits per heavy atom. The number of fused-ring (bicyclic) bond motifs is 1. The lowest BCUT2D eigenvalue weighted by Gasteiger charge is -2.28. The Morgan fingerprint density at radius 2 is 1.44 bits per heavy atom. The summed E-state index contributed by atoms with van der Waals surface area (Å²) in [6.45, 7) is -0.426. The number of nitrogens with one attached hydrogen (secondary N) is 1. The second-order valence-corrected chi connectivity index (χ2v) is 9.18. The van der Waals surface area contributed by atoms with Crippen molar-refractivity contribution in [1.82, 2.24) is 0 Å². The van der Waals surface area contributed by atoms with Crippen molar-refractivity contribution < 1.29 is 23.9 Å². The van der Waals surface area contributed by atoms with E-state index in [9.17, 15) is 19.2 Å². The van der Waals surface area contributed by atoms with Gasteiger partial charge in [-0.3, -0.25) is 19.3 Å². The molecule has 1 heterocycles. The molecule has 1 N–H and O–H groups in total. The molecule has 1 saturated carbocycles. The Balaban J connectivity index is 1.21. The molecule has 0 aromatic heterocycles. The zero-order valence-electron chi connectivity index (χ0n) is 19.6. The highest BCUT2D eigenvalue weighted by atomic mass is 16.5. The molecule has 2 aliphatic rings. The van der Waals surface area contributed by atoms with Crippen molar-refractivity contribution in [3.63, 3.8) is 0 Å². The normalized spacial score (nSPS) is 21.1. The summed E-state index contributed by atoms with van der Waals surface area (Å²) in [5.74, 6) is -1.84. The van der Waals surface area contributed by atoms with Crippen LogP contribution in [0.25, 0.3) is 0 Å². The molecule has 0 unspecified atom stereocenters. The second-order valence-electron chi connectivity index (χ2n) is 9.18. The molecule has 3 atom stereocenters. The third kappa shape index (κ3) is 4.77. The number of esters is 1. The first kappa shape index (κ1) is 23.5. The van der Waals surface area contributed by atoms with Crippen LogP contribution in [-0.4, -0.2) is 30.3 Å². The van der Waals surface area contributed by atoms with E-state index < -0.39 is 18.5 Å². The van der Waals surface area contributed by atoms with Gasteiger partial charge in [-0.2, -0.15) is 0 Å². The van der Waals surface area contributed by atoms with E-state index in [1.54, 1.807) is 36.4 Å². The van der Waals surface area contributed by atoms with Crippen LogP contribution in [0.15, 0.2) is 84.9 Å². The van der Waals surface area contributed by atoms with Gasteiger partial charge in [-0.1, -0.05) is 48.5 Å². The van der Waals surface area contributed by atoms with Crippen molar-refractivity contribution in [1.29, 1.82) is 0 Å². The Hall–Kier alpha value is -4.26. The first-order valence-corrected chi connectivity index (χ1v) is 12.1. The fraction of sp³-hybridized carbons (Fsp3) is 0.241. The zero-order chi connectivity index (χ0) is 25.1. The lowest BCUT2D eigenvalue weighted by atomic mass is 9.73. The van der Waals surface area contributed by atoms with Gasteiger partial charge in [-0.25, -0.2) is 4.79 Å². The number of hydrogen-bond acceptors (Lipinski definition) is 5. The third-order valence-corrected chi connectivity index (χ3v) is 6.95. The van der Waals surface area contributed by atoms with Crippen molar-refractivity contribution in [2.45, 2.75) is 25.2 Å². The van der Waals surface area contributed by atoms with E-state index in [1.807, 2.05) is 24.3 Å². The van der Waals surface area contributed by atoms with Crippen LogP contribution in [0.5, 0.6) is 0 Å². The van der Waals surface area contributed by atoms with Crippen LogP contribution in [0.4, 0.5) is 11.4 Å². The zero-order valence-corrected chi connectivity index (χ0v) is 19.6. The summed E-state index contributed by atoms with van der Waals surface area (Å²) >= 11 is 0. The van der Waals surface area contributed by atoms with Gasteiger partial charge < -0.3 is 10.1 Å². The largest absolute Gasteiger partial charge is 0.452 e. The van der Waals surface area contributed by atoms with Crippen LogP contribution in [0.1, 0.15) is 41.1 Å². The number of carbonyl (C=O) groups excluding carboxylic acids is 4. The summed E-state index contributed by atoms with van der Waals surface area (Å²) in [5, 5.41) is 2.64. The minimum Gasteiger partial charge on any atom is -0.452 e. The quantitative estimate of drug-likeness (QED) is 0.411. The van der Waals surface area contributed by atoms with E-state index in [0.717, 1.165) is 6.42 Å². The van der Waals surface area contributed by atoms with Gasteiger partial charge in [0.15, 0.2) is 6.61 Å². The number of rotatable bonds is 6. The van der Waals surface area contributed by atoms with Gasteiger partial charge in [-0.05, 0) is 67.1 Å². The van der Waals surface area contributed by atoms with Gasteiger partial charge in [0.25, 0.3) is 5.91 Å². The highest BCUT2D eigenvalue weighted by molar-refractivity contribution is 6.22. The number of benzene rings is 3. The van der Waals surface area contributed by atoms with Crippen LogP contribution in [-0.2, 0) is 19.1 Å². The van der Waals surface area contributed by atoms with Crippen molar-refractivity contribution in [2.24, 2.45) is 11.8 Å². The van der Waals surface area contributed by atoms with Gasteiger partial charge in [0.2, 0.25) is 11.8 Å². The second kappa shape index (κ2) is 10.2. The molecule has 3 amide bonds. The number of para-hydroxylation sites is 1. The van der Waals surface area contributed by atoms with Gasteiger partial charge in [0.05, 0.1) is 23.1 Å². The Morgan fingerprint density at radius 1 is 0.806 bits per heavy atom. The molecule has 182 valence electrons. The summed E-state index contributed by atoms with van der Waals surface area (Å²) in [7, 11) is 0. The highest BCUT2D eigenvalue weighted by Crippen LogP contribution is 2.45. The molecule has 3 aromatic carbocycles. The van der Waals surface area contributed by atoms with Crippen LogP contribution >= 0.6 is 0 Å². The Kier molecular flexibility index (Phi) is 6.62. The number of hydrogen-bond donors (Lipinski definition) is 1. The molecular weight excluding hydrogens is 456 g/mol. The standard InChI is InChI=1S/C29H26N2O5/c32-26(30-22-9-5-2-6-10-22)18-36-29(35)20-11-14-23(15-12-20)31-27(33)24-16-13-21(17-25(24)28(31)34)19-7-3-1-4-8-19/h1-12,14-15,21,24-25H,13,16-18H2,(H,30,32)/t21-,24+,25+/m0/s1. The number of amides is 3. The van der Waals surface area contributed by atoms with Gasteiger partial charge >= 0.3 is 5.97 Å². The topological polar surface area (TPSA) is 92.8 Å². The third-order valence-electron chi connectivity index (χ3n) is 6.95. The molecule has 3 aromatic rings. The van der Waals surface area contributed by atoms with Crippen molar-refractivity contribution in [3.8, 4) is 0 Å². The van der Waals surface area contributed by atoms with Gasteiger partial charge in [-0.15, -0.1) is 0 Å². The van der Waals surface area contributed by atoms with Crippen LogP contribution in [0.3, 0.4) is 0 Å². The van der Waals surface area contributed by atoms with Gasteiger partial charge in [0.1, 0.15) is 0 Å². The number of carbonyl (C=O) groups is 4. The molecule has 2 fully saturated rings. The Labute approximate surface area is 209 Å². The number of imide groups is 1. The van der Waals surface area contributed by atoms with Crippen molar-refractivity contribution in [3.05, 3.63) is 96.1 Å². The lowest BCUT2D eigenvalue weighted by Crippen LogP contribution is -2.30. The predicted molar refractivity (Wildman–Crippen MR) is 134 cm³/mol. The van der Waals surface area contributed by atoms with Crippen molar-refractivity contribution in [2.75, 3.05) is 16.8 Å². The minimum absolute atomic E-state index is 0.176. The highest BCUT2D eigenvalue weighted by Gasteiger charge is 2.50. The molecule has 0 bridgehead atoms. The Bertz CT molecular complexity index is 1270. The molecular formula is C29H26N2O5. The van der Waals surface area contributed by atoms with E-state index in [2.05, 4.69) is 17.4 Å². The molecule has 1 aliphatic heterocycles. The average Bonchev–Trinajstić information content (AvgIpc) is 3.17. The summed E-state index contributed by atoms with van der Waals surface area (Å²) in [4.78, 5) is 52.0. The maximum absolute atomic E-state index is 13.2. The molecule has 1 aliphatic carbocycles. The average molecular weight is 483 g/mol. The molecule has 0 spiro atoms. The van der Waals surface area contributed by atoms with E-state index in [-0.39, 0.29) is 35.1 Å². The van der Waals surface area contributed by atoms with E-state index in [4.69, 9.17) is 4.74 Å². The lowest BCUT2D eigenvalue weighted by molar-refractivity contribution is -0.122. The monoisotopic (exact) mass is 482 g/mol. The van der Waals surface area contributed by atoms with Gasteiger partial charge in [0, 0.05) is 5.69 Å². The summed E-state index contributed by atoms with van der Waals surface area (Å²) in [6, 6.07) is 25.1. The molecule has 36 heavy (non-hydrogen) atoms.